The van der Waals surface area contributed by atoms with Crippen LogP contribution >= 0.6 is 15.9 Å². The number of phenolic OH excluding ortho intramolecular Hbond substituents is 1. The molecule has 3 nitrogen and oxygen atoms in total. The maximum atomic E-state index is 11.4. The lowest BCUT2D eigenvalue weighted by Gasteiger charge is -2.04. The van der Waals surface area contributed by atoms with Gasteiger partial charge in [0.25, 0.3) is 0 Å². The lowest BCUT2D eigenvalue weighted by atomic mass is 10.0. The number of ketones is 1. The molecular weight excluding hydrogens is 246 g/mol. The Balaban J connectivity index is 3.36. The lowest BCUT2D eigenvalue weighted by Crippen LogP contribution is -2.03. The summed E-state index contributed by atoms with van der Waals surface area (Å²) in [7, 11) is 0. The maximum absolute atomic E-state index is 11.4. The first-order valence-electron chi connectivity index (χ1n) is 3.93. The van der Waals surface area contributed by atoms with Crippen molar-refractivity contribution >= 4 is 21.7 Å². The zero-order valence-electron chi connectivity index (χ0n) is 7.54. The average Bonchev–Trinajstić information content (AvgIpc) is 2.20. The van der Waals surface area contributed by atoms with Gasteiger partial charge < -0.3 is 5.11 Å². The van der Waals surface area contributed by atoms with E-state index in [9.17, 15) is 9.90 Å². The molecular formula is C10H8BrNO2. The van der Waals surface area contributed by atoms with Gasteiger partial charge in [-0.2, -0.15) is 5.26 Å². The highest BCUT2D eigenvalue weighted by Crippen LogP contribution is 2.22. The van der Waals surface area contributed by atoms with Crippen LogP contribution in [0.4, 0.5) is 0 Å². The number of nitriles is 1. The Kier molecular flexibility index (Phi) is 3.26. The molecule has 0 unspecified atom stereocenters. The molecule has 0 aromatic heterocycles. The minimum atomic E-state index is -0.162. The number of hydrogen-bond acceptors (Lipinski definition) is 3. The summed E-state index contributed by atoms with van der Waals surface area (Å²) in [6.07, 6.45) is 0. The minimum Gasteiger partial charge on any atom is -0.508 e. The summed E-state index contributed by atoms with van der Waals surface area (Å²) in [6.45, 7) is 1.68. The zero-order chi connectivity index (χ0) is 10.7. The van der Waals surface area contributed by atoms with E-state index in [0.29, 0.717) is 11.1 Å². The van der Waals surface area contributed by atoms with Gasteiger partial charge in [-0.25, -0.2) is 0 Å². The first-order chi connectivity index (χ1) is 6.60. The lowest BCUT2D eigenvalue weighted by molar-refractivity contribution is 0.102. The van der Waals surface area contributed by atoms with Crippen LogP contribution in [0.5, 0.6) is 5.75 Å². The van der Waals surface area contributed by atoms with Gasteiger partial charge in [0.1, 0.15) is 11.8 Å². The Labute approximate surface area is 90.1 Å². The monoisotopic (exact) mass is 253 g/mol. The molecule has 0 aliphatic rings. The highest BCUT2D eigenvalue weighted by atomic mass is 79.9. The highest BCUT2D eigenvalue weighted by molar-refractivity contribution is 9.09. The van der Waals surface area contributed by atoms with Gasteiger partial charge >= 0.3 is 0 Å². The summed E-state index contributed by atoms with van der Waals surface area (Å²) in [6, 6.07) is 4.71. The van der Waals surface area contributed by atoms with Crippen LogP contribution in [0.1, 0.15) is 21.5 Å². The number of halogens is 1. The fraction of sp³-hybridized carbons (Fsp3) is 0.200. The molecule has 0 heterocycles. The van der Waals surface area contributed by atoms with E-state index in [1.807, 2.05) is 6.07 Å². The number of benzene rings is 1. The number of rotatable bonds is 2. The summed E-state index contributed by atoms with van der Waals surface area (Å²) >= 11 is 3.04. The van der Waals surface area contributed by atoms with Crippen LogP contribution in [0, 0.1) is 18.3 Å². The quantitative estimate of drug-likeness (QED) is 0.649. The first-order valence-corrected chi connectivity index (χ1v) is 5.05. The van der Waals surface area contributed by atoms with Gasteiger partial charge in [0.05, 0.1) is 10.9 Å². The largest absolute Gasteiger partial charge is 0.508 e. The molecule has 0 aliphatic heterocycles. The number of aromatic hydroxyl groups is 1. The standard InChI is InChI=1S/C10H8BrNO2/c1-6-2-8(10(14)4-11)7(5-12)3-9(6)13/h2-3,13H,4H2,1H3. The molecule has 0 aliphatic carbocycles. The van der Waals surface area contributed by atoms with Crippen LogP contribution in [-0.2, 0) is 0 Å². The Hall–Kier alpha value is -1.34. The van der Waals surface area contributed by atoms with Crippen molar-refractivity contribution in [1.29, 1.82) is 5.26 Å². The van der Waals surface area contributed by atoms with Crippen LogP contribution in [0.3, 0.4) is 0 Å². The average molecular weight is 254 g/mol. The van der Waals surface area contributed by atoms with Gasteiger partial charge in [0.2, 0.25) is 0 Å². The summed E-state index contributed by atoms with van der Waals surface area (Å²) < 4.78 is 0. The summed E-state index contributed by atoms with van der Waals surface area (Å²) in [5.41, 5.74) is 1.14. The number of phenols is 1. The van der Waals surface area contributed by atoms with Crippen molar-refractivity contribution in [2.45, 2.75) is 6.92 Å². The number of aryl methyl sites for hydroxylation is 1. The second-order valence-corrected chi connectivity index (χ2v) is 3.41. The third kappa shape index (κ3) is 1.94. The van der Waals surface area contributed by atoms with Crippen molar-refractivity contribution < 1.29 is 9.90 Å². The van der Waals surface area contributed by atoms with E-state index < -0.39 is 0 Å². The number of carbonyl (C=O) groups excluding carboxylic acids is 1. The maximum Gasteiger partial charge on any atom is 0.174 e. The molecule has 1 aromatic rings. The number of alkyl halides is 1. The van der Waals surface area contributed by atoms with E-state index in [1.165, 1.54) is 12.1 Å². The fourth-order valence-electron chi connectivity index (χ4n) is 1.09. The Bertz CT molecular complexity index is 421. The van der Waals surface area contributed by atoms with Gasteiger partial charge in [0, 0.05) is 5.56 Å². The van der Waals surface area contributed by atoms with E-state index in [0.717, 1.165) is 0 Å². The normalized spacial score (nSPS) is 9.50. The molecule has 0 atom stereocenters. The van der Waals surface area contributed by atoms with Crippen LogP contribution < -0.4 is 0 Å². The Morgan fingerprint density at radius 3 is 2.79 bits per heavy atom. The first kappa shape index (κ1) is 10.7. The SMILES string of the molecule is Cc1cc(C(=O)CBr)c(C#N)cc1O. The van der Waals surface area contributed by atoms with E-state index in [1.54, 1.807) is 6.92 Å². The van der Waals surface area contributed by atoms with E-state index in [2.05, 4.69) is 15.9 Å². The highest BCUT2D eigenvalue weighted by Gasteiger charge is 2.12. The second-order valence-electron chi connectivity index (χ2n) is 2.85. The van der Waals surface area contributed by atoms with Crippen LogP contribution in [0.2, 0.25) is 0 Å². The van der Waals surface area contributed by atoms with E-state index in [4.69, 9.17) is 5.26 Å². The van der Waals surface area contributed by atoms with Crippen LogP contribution in [0.15, 0.2) is 12.1 Å². The molecule has 0 fully saturated rings. The van der Waals surface area contributed by atoms with Gasteiger partial charge in [-0.3, -0.25) is 4.79 Å². The van der Waals surface area contributed by atoms with Gasteiger partial charge in [-0.15, -0.1) is 0 Å². The zero-order valence-corrected chi connectivity index (χ0v) is 9.13. The van der Waals surface area contributed by atoms with Crippen LogP contribution in [-0.4, -0.2) is 16.2 Å². The predicted molar refractivity (Wildman–Crippen MR) is 55.7 cm³/mol. The third-order valence-corrected chi connectivity index (χ3v) is 2.39. The van der Waals surface area contributed by atoms with Crippen molar-refractivity contribution in [3.63, 3.8) is 0 Å². The van der Waals surface area contributed by atoms with Crippen LogP contribution in [0.25, 0.3) is 0 Å². The molecule has 1 N–H and O–H groups in total. The van der Waals surface area contributed by atoms with Gasteiger partial charge in [-0.1, -0.05) is 15.9 Å². The minimum absolute atomic E-state index is 0.0349. The molecule has 0 spiro atoms. The molecule has 0 amide bonds. The smallest absolute Gasteiger partial charge is 0.174 e. The fourth-order valence-corrected chi connectivity index (χ4v) is 1.39. The van der Waals surface area contributed by atoms with Crippen molar-refractivity contribution in [2.24, 2.45) is 0 Å². The van der Waals surface area contributed by atoms with Crippen molar-refractivity contribution in [1.82, 2.24) is 0 Å². The molecule has 1 rings (SSSR count). The second kappa shape index (κ2) is 4.25. The molecule has 0 saturated carbocycles. The summed E-state index contributed by atoms with van der Waals surface area (Å²) in [5, 5.41) is 18.3. The third-order valence-electron chi connectivity index (χ3n) is 1.88. The predicted octanol–water partition coefficient (Wildman–Crippen LogP) is 2.15. The van der Waals surface area contributed by atoms with Crippen molar-refractivity contribution in [3.05, 3.63) is 28.8 Å². The molecule has 14 heavy (non-hydrogen) atoms. The number of carbonyl (C=O) groups is 1. The molecule has 0 bridgehead atoms. The van der Waals surface area contributed by atoms with Crippen molar-refractivity contribution in [3.8, 4) is 11.8 Å². The number of hydrogen-bond donors (Lipinski definition) is 1. The summed E-state index contributed by atoms with van der Waals surface area (Å²) in [4.78, 5) is 11.4. The van der Waals surface area contributed by atoms with Gasteiger partial charge in [0.15, 0.2) is 5.78 Å². The van der Waals surface area contributed by atoms with Gasteiger partial charge in [-0.05, 0) is 24.6 Å². The molecule has 0 radical (unpaired) electrons. The molecule has 0 saturated heterocycles. The number of nitrogens with zero attached hydrogens (tertiary/aromatic N) is 1. The molecule has 4 heteroatoms. The number of Topliss-reactive ketones (excluding diaryl/α,β-unsaturated/α-hetero) is 1. The molecule has 72 valence electrons. The summed E-state index contributed by atoms with van der Waals surface area (Å²) in [5.74, 6) is -0.127. The Morgan fingerprint density at radius 1 is 1.64 bits per heavy atom. The molecule has 1 aromatic carbocycles. The Morgan fingerprint density at radius 2 is 2.29 bits per heavy atom. The topological polar surface area (TPSA) is 61.1 Å². The van der Waals surface area contributed by atoms with Crippen molar-refractivity contribution in [2.75, 3.05) is 5.33 Å². The van der Waals surface area contributed by atoms with E-state index in [-0.39, 0.29) is 22.4 Å². The van der Waals surface area contributed by atoms with E-state index >= 15 is 0 Å².